The predicted molar refractivity (Wildman–Crippen MR) is 147 cm³/mol. The van der Waals surface area contributed by atoms with E-state index in [1.165, 1.54) is 43.5 Å². The highest BCUT2D eigenvalue weighted by atomic mass is 127. The number of halogens is 1. The van der Waals surface area contributed by atoms with Gasteiger partial charge in [-0.3, -0.25) is 9.69 Å². The van der Waals surface area contributed by atoms with Gasteiger partial charge < -0.3 is 16.0 Å². The number of hydrogen-bond donors (Lipinski definition) is 3. The van der Waals surface area contributed by atoms with Crippen LogP contribution in [0.1, 0.15) is 60.2 Å². The molecule has 0 aromatic heterocycles. The molecule has 1 fully saturated rings. The molecule has 3 N–H and O–H groups in total. The van der Waals surface area contributed by atoms with Gasteiger partial charge in [-0.25, -0.2) is 4.99 Å². The number of amides is 1. The summed E-state index contributed by atoms with van der Waals surface area (Å²) >= 11 is 0. The molecule has 0 radical (unpaired) electrons. The SMILES string of the molecule is CCNC(=O)c1cccc(CN=C(NCC)NCc2ccc(CN3CCCCC3)cc2)c1.I. The van der Waals surface area contributed by atoms with Crippen LogP contribution in [-0.4, -0.2) is 42.9 Å². The number of hydrogen-bond acceptors (Lipinski definition) is 3. The van der Waals surface area contributed by atoms with Crippen molar-refractivity contribution in [3.63, 3.8) is 0 Å². The average Bonchev–Trinajstić information content (AvgIpc) is 2.83. The molecule has 0 bridgehead atoms. The topological polar surface area (TPSA) is 68.8 Å². The fourth-order valence-electron chi connectivity index (χ4n) is 3.91. The number of rotatable bonds is 9. The molecule has 3 rings (SSSR count). The van der Waals surface area contributed by atoms with Gasteiger partial charge in [0.25, 0.3) is 5.91 Å². The van der Waals surface area contributed by atoms with Crippen molar-refractivity contribution < 1.29 is 4.79 Å². The zero-order valence-corrected chi connectivity index (χ0v) is 22.2. The van der Waals surface area contributed by atoms with Gasteiger partial charge >= 0.3 is 0 Å². The first-order valence-corrected chi connectivity index (χ1v) is 11.9. The number of piperidine rings is 1. The van der Waals surface area contributed by atoms with Crippen molar-refractivity contribution in [2.24, 2.45) is 4.99 Å². The lowest BCUT2D eigenvalue weighted by Crippen LogP contribution is -2.36. The molecule has 0 saturated carbocycles. The van der Waals surface area contributed by atoms with Crippen molar-refractivity contribution in [2.75, 3.05) is 26.2 Å². The third-order valence-electron chi connectivity index (χ3n) is 5.63. The number of likely N-dealkylation sites (tertiary alicyclic amines) is 1. The van der Waals surface area contributed by atoms with Crippen molar-refractivity contribution in [3.05, 3.63) is 70.8 Å². The van der Waals surface area contributed by atoms with Gasteiger partial charge in [-0.05, 0) is 68.6 Å². The molecule has 1 heterocycles. The Hall–Kier alpha value is -2.13. The molecule has 0 atom stereocenters. The first-order chi connectivity index (χ1) is 15.7. The summed E-state index contributed by atoms with van der Waals surface area (Å²) in [6.45, 7) is 10.1. The maximum atomic E-state index is 12.1. The highest BCUT2D eigenvalue weighted by Gasteiger charge is 2.10. The summed E-state index contributed by atoms with van der Waals surface area (Å²) in [6, 6.07) is 16.5. The minimum Gasteiger partial charge on any atom is -0.357 e. The Morgan fingerprint density at radius 1 is 0.879 bits per heavy atom. The van der Waals surface area contributed by atoms with Crippen LogP contribution in [0.2, 0.25) is 0 Å². The maximum absolute atomic E-state index is 12.1. The minimum absolute atomic E-state index is 0. The second-order valence-electron chi connectivity index (χ2n) is 8.26. The highest BCUT2D eigenvalue weighted by molar-refractivity contribution is 14.0. The van der Waals surface area contributed by atoms with Crippen LogP contribution >= 0.6 is 24.0 Å². The Morgan fingerprint density at radius 2 is 1.58 bits per heavy atom. The van der Waals surface area contributed by atoms with E-state index >= 15 is 0 Å². The summed E-state index contributed by atoms with van der Waals surface area (Å²) in [5, 5.41) is 9.55. The monoisotopic (exact) mass is 563 g/mol. The van der Waals surface area contributed by atoms with E-state index in [9.17, 15) is 4.79 Å². The van der Waals surface area contributed by atoms with Gasteiger partial charge in [0, 0.05) is 31.7 Å². The van der Waals surface area contributed by atoms with Gasteiger partial charge in [-0.1, -0.05) is 42.8 Å². The molecule has 6 nitrogen and oxygen atoms in total. The molecule has 2 aromatic rings. The van der Waals surface area contributed by atoms with Gasteiger partial charge in [-0.15, -0.1) is 24.0 Å². The molecule has 0 aliphatic carbocycles. The van der Waals surface area contributed by atoms with Crippen LogP contribution in [0.25, 0.3) is 0 Å². The van der Waals surface area contributed by atoms with Crippen LogP contribution in [-0.2, 0) is 19.6 Å². The Morgan fingerprint density at radius 3 is 2.27 bits per heavy atom. The van der Waals surface area contributed by atoms with Crippen LogP contribution in [0.5, 0.6) is 0 Å². The number of carbonyl (C=O) groups excluding carboxylic acids is 1. The second kappa shape index (κ2) is 14.9. The number of nitrogens with one attached hydrogen (secondary N) is 3. The Bertz CT molecular complexity index is 879. The Labute approximate surface area is 215 Å². The first-order valence-electron chi connectivity index (χ1n) is 11.9. The fraction of sp³-hybridized carbons (Fsp3) is 0.462. The minimum atomic E-state index is -0.0490. The van der Waals surface area contributed by atoms with E-state index in [1.807, 2.05) is 31.2 Å². The number of nitrogens with zero attached hydrogens (tertiary/aromatic N) is 2. The van der Waals surface area contributed by atoms with Crippen LogP contribution in [0.15, 0.2) is 53.5 Å². The van der Waals surface area contributed by atoms with Crippen molar-refractivity contribution >= 4 is 35.8 Å². The number of carbonyl (C=O) groups is 1. The van der Waals surface area contributed by atoms with Crippen molar-refractivity contribution in [2.45, 2.75) is 52.7 Å². The molecule has 0 unspecified atom stereocenters. The zero-order valence-electron chi connectivity index (χ0n) is 19.9. The van der Waals surface area contributed by atoms with Gasteiger partial charge in [0.05, 0.1) is 6.54 Å². The lowest BCUT2D eigenvalue weighted by atomic mass is 10.1. The summed E-state index contributed by atoms with van der Waals surface area (Å²) in [6.07, 6.45) is 4.02. The zero-order chi connectivity index (χ0) is 22.6. The third kappa shape index (κ3) is 9.33. The number of guanidine groups is 1. The van der Waals surface area contributed by atoms with Crippen LogP contribution < -0.4 is 16.0 Å². The van der Waals surface area contributed by atoms with Gasteiger partial charge in [-0.2, -0.15) is 0 Å². The standard InChI is InChI=1S/C26H37N5O.HI/c1-3-27-25(32)24-10-8-9-23(17-24)19-30-26(28-4-2)29-18-21-11-13-22(14-12-21)20-31-15-6-5-7-16-31;/h8-14,17H,3-7,15-16,18-20H2,1-2H3,(H,27,32)(H2,28,29,30);1H. The summed E-state index contributed by atoms with van der Waals surface area (Å²) < 4.78 is 0. The molecular formula is C26H38IN5O. The van der Waals surface area contributed by atoms with Gasteiger partial charge in [0.2, 0.25) is 0 Å². The van der Waals surface area contributed by atoms with E-state index in [-0.39, 0.29) is 29.9 Å². The molecule has 2 aromatic carbocycles. The van der Waals surface area contributed by atoms with E-state index in [2.05, 4.69) is 52.0 Å². The quantitative estimate of drug-likeness (QED) is 0.242. The molecule has 1 saturated heterocycles. The van der Waals surface area contributed by atoms with Crippen LogP contribution in [0.4, 0.5) is 0 Å². The summed E-state index contributed by atoms with van der Waals surface area (Å²) in [4.78, 5) is 19.3. The fourth-order valence-corrected chi connectivity index (χ4v) is 3.91. The van der Waals surface area contributed by atoms with E-state index < -0.39 is 0 Å². The molecule has 7 heteroatoms. The second-order valence-corrected chi connectivity index (χ2v) is 8.26. The Balaban J connectivity index is 0.00000385. The van der Waals surface area contributed by atoms with Crippen molar-refractivity contribution in [3.8, 4) is 0 Å². The normalized spacial score (nSPS) is 14.3. The molecule has 1 aliphatic heterocycles. The van der Waals surface area contributed by atoms with E-state index in [1.54, 1.807) is 0 Å². The van der Waals surface area contributed by atoms with Crippen molar-refractivity contribution in [1.29, 1.82) is 0 Å². The largest absolute Gasteiger partial charge is 0.357 e. The molecule has 180 valence electrons. The van der Waals surface area contributed by atoms with E-state index in [0.717, 1.165) is 31.2 Å². The summed E-state index contributed by atoms with van der Waals surface area (Å²) in [5.41, 5.74) is 4.29. The van der Waals surface area contributed by atoms with Gasteiger partial charge in [0.15, 0.2) is 5.96 Å². The molecule has 33 heavy (non-hydrogen) atoms. The van der Waals surface area contributed by atoms with Crippen molar-refractivity contribution in [1.82, 2.24) is 20.9 Å². The average molecular weight is 564 g/mol. The van der Waals surface area contributed by atoms with Crippen LogP contribution in [0.3, 0.4) is 0 Å². The molecule has 0 spiro atoms. The third-order valence-corrected chi connectivity index (χ3v) is 5.63. The highest BCUT2D eigenvalue weighted by Crippen LogP contribution is 2.13. The lowest BCUT2D eigenvalue weighted by Gasteiger charge is -2.26. The lowest BCUT2D eigenvalue weighted by molar-refractivity contribution is 0.0955. The Kier molecular flexibility index (Phi) is 12.2. The molecule has 1 amide bonds. The van der Waals surface area contributed by atoms with E-state index in [4.69, 9.17) is 4.99 Å². The van der Waals surface area contributed by atoms with Gasteiger partial charge in [0.1, 0.15) is 0 Å². The maximum Gasteiger partial charge on any atom is 0.251 e. The smallest absolute Gasteiger partial charge is 0.251 e. The molecular weight excluding hydrogens is 525 g/mol. The van der Waals surface area contributed by atoms with E-state index in [0.29, 0.717) is 18.7 Å². The first kappa shape index (κ1) is 27.1. The molecule has 1 aliphatic rings. The summed E-state index contributed by atoms with van der Waals surface area (Å²) in [5.74, 6) is 0.723. The van der Waals surface area contributed by atoms with Crippen LogP contribution in [0, 0.1) is 0 Å². The number of benzene rings is 2. The predicted octanol–water partition coefficient (Wildman–Crippen LogP) is 4.30. The number of aliphatic imine (C=N–C) groups is 1. The summed E-state index contributed by atoms with van der Waals surface area (Å²) in [7, 11) is 0.